The summed E-state index contributed by atoms with van der Waals surface area (Å²) >= 11 is 1.60. The molecular formula is C15H20N4S. The first-order valence-electron chi connectivity index (χ1n) is 7.38. The first-order valence-corrected chi connectivity index (χ1v) is 8.26. The second-order valence-electron chi connectivity index (χ2n) is 5.28. The van der Waals surface area contributed by atoms with Gasteiger partial charge >= 0.3 is 0 Å². The fourth-order valence-electron chi connectivity index (χ4n) is 2.68. The van der Waals surface area contributed by atoms with E-state index in [9.17, 15) is 0 Å². The first-order chi connectivity index (χ1) is 9.86. The van der Waals surface area contributed by atoms with Crippen LogP contribution in [-0.2, 0) is 0 Å². The van der Waals surface area contributed by atoms with Crippen molar-refractivity contribution in [2.75, 3.05) is 11.9 Å². The summed E-state index contributed by atoms with van der Waals surface area (Å²) in [6.45, 7) is 3.11. The third-order valence-corrected chi connectivity index (χ3v) is 4.50. The van der Waals surface area contributed by atoms with E-state index < -0.39 is 0 Å². The number of thiazole rings is 1. The van der Waals surface area contributed by atoms with Crippen molar-refractivity contribution in [2.24, 2.45) is 0 Å². The third-order valence-electron chi connectivity index (χ3n) is 3.73. The summed E-state index contributed by atoms with van der Waals surface area (Å²) in [6, 6.07) is 2.14. The SMILES string of the molecule is CCCNc1cc(C2CCCC2)nc(-c2cncs2)n1. The first kappa shape index (κ1) is 13.5. The van der Waals surface area contributed by atoms with Crippen molar-refractivity contribution in [3.05, 3.63) is 23.5 Å². The minimum atomic E-state index is 0.604. The Morgan fingerprint density at radius 3 is 2.85 bits per heavy atom. The highest BCUT2D eigenvalue weighted by Crippen LogP contribution is 2.35. The van der Waals surface area contributed by atoms with Crippen molar-refractivity contribution >= 4 is 17.2 Å². The number of hydrogen-bond acceptors (Lipinski definition) is 5. The van der Waals surface area contributed by atoms with Crippen LogP contribution in [0.2, 0.25) is 0 Å². The Balaban J connectivity index is 1.94. The Hall–Kier alpha value is -1.49. The highest BCUT2D eigenvalue weighted by molar-refractivity contribution is 7.13. The quantitative estimate of drug-likeness (QED) is 0.900. The Morgan fingerprint density at radius 2 is 2.15 bits per heavy atom. The maximum atomic E-state index is 4.79. The molecule has 0 aromatic carbocycles. The van der Waals surface area contributed by atoms with Crippen LogP contribution < -0.4 is 5.32 Å². The van der Waals surface area contributed by atoms with Gasteiger partial charge in [0.05, 0.1) is 10.4 Å². The van der Waals surface area contributed by atoms with Gasteiger partial charge in [-0.3, -0.25) is 4.98 Å². The molecule has 0 saturated heterocycles. The van der Waals surface area contributed by atoms with Crippen LogP contribution in [0.15, 0.2) is 17.8 Å². The molecule has 0 radical (unpaired) electrons. The Labute approximate surface area is 123 Å². The van der Waals surface area contributed by atoms with Gasteiger partial charge < -0.3 is 5.32 Å². The van der Waals surface area contributed by atoms with Gasteiger partial charge in [-0.1, -0.05) is 19.8 Å². The summed E-state index contributed by atoms with van der Waals surface area (Å²) in [5.41, 5.74) is 3.03. The van der Waals surface area contributed by atoms with E-state index in [2.05, 4.69) is 28.3 Å². The molecule has 106 valence electrons. The zero-order chi connectivity index (χ0) is 13.8. The summed E-state index contributed by atoms with van der Waals surface area (Å²) in [5, 5.41) is 3.39. The van der Waals surface area contributed by atoms with E-state index in [0.29, 0.717) is 5.92 Å². The molecule has 4 nitrogen and oxygen atoms in total. The topological polar surface area (TPSA) is 50.7 Å². The lowest BCUT2D eigenvalue weighted by Crippen LogP contribution is -2.07. The monoisotopic (exact) mass is 288 g/mol. The molecule has 0 atom stereocenters. The van der Waals surface area contributed by atoms with Crippen molar-refractivity contribution in [1.82, 2.24) is 15.0 Å². The van der Waals surface area contributed by atoms with E-state index in [0.717, 1.165) is 29.5 Å². The van der Waals surface area contributed by atoms with E-state index in [4.69, 9.17) is 4.98 Å². The molecule has 0 amide bonds. The van der Waals surface area contributed by atoms with Crippen LogP contribution in [0.4, 0.5) is 5.82 Å². The standard InChI is InChI=1S/C15H20N4S/c1-2-7-17-14-8-12(11-5-3-4-6-11)18-15(19-14)13-9-16-10-20-13/h8-11H,2-7H2,1H3,(H,17,18,19). The van der Waals surface area contributed by atoms with E-state index in [-0.39, 0.29) is 0 Å². The van der Waals surface area contributed by atoms with Crippen LogP contribution in [0.3, 0.4) is 0 Å². The molecule has 1 aliphatic rings. The fourth-order valence-corrected chi connectivity index (χ4v) is 3.23. The van der Waals surface area contributed by atoms with Gasteiger partial charge in [0.15, 0.2) is 5.82 Å². The summed E-state index contributed by atoms with van der Waals surface area (Å²) in [4.78, 5) is 14.6. The fraction of sp³-hybridized carbons (Fsp3) is 0.533. The van der Waals surface area contributed by atoms with Gasteiger partial charge in [-0.25, -0.2) is 9.97 Å². The molecule has 1 saturated carbocycles. The molecule has 0 spiro atoms. The minimum Gasteiger partial charge on any atom is -0.370 e. The van der Waals surface area contributed by atoms with Gasteiger partial charge in [0.25, 0.3) is 0 Å². The average Bonchev–Trinajstić information content (AvgIpc) is 3.17. The summed E-state index contributed by atoms with van der Waals surface area (Å²) in [6.07, 6.45) is 8.10. The number of hydrogen-bond donors (Lipinski definition) is 1. The van der Waals surface area contributed by atoms with Crippen LogP contribution in [0.5, 0.6) is 0 Å². The number of nitrogens with one attached hydrogen (secondary N) is 1. The van der Waals surface area contributed by atoms with Gasteiger partial charge in [0.2, 0.25) is 0 Å². The van der Waals surface area contributed by atoms with Crippen molar-refractivity contribution in [3.8, 4) is 10.7 Å². The van der Waals surface area contributed by atoms with Crippen molar-refractivity contribution < 1.29 is 0 Å². The number of nitrogens with zero attached hydrogens (tertiary/aromatic N) is 3. The molecule has 2 heterocycles. The molecule has 2 aromatic rings. The second-order valence-corrected chi connectivity index (χ2v) is 6.16. The van der Waals surface area contributed by atoms with Crippen molar-refractivity contribution in [3.63, 3.8) is 0 Å². The molecule has 0 bridgehead atoms. The summed E-state index contributed by atoms with van der Waals surface area (Å²) in [7, 11) is 0. The number of aromatic nitrogens is 3. The lowest BCUT2D eigenvalue weighted by Gasteiger charge is -2.12. The molecule has 0 unspecified atom stereocenters. The molecule has 1 fully saturated rings. The molecule has 20 heavy (non-hydrogen) atoms. The van der Waals surface area contributed by atoms with Crippen LogP contribution in [-0.4, -0.2) is 21.5 Å². The third kappa shape index (κ3) is 2.98. The highest BCUT2D eigenvalue weighted by atomic mass is 32.1. The van der Waals surface area contributed by atoms with E-state index in [1.807, 2.05) is 11.7 Å². The Kier molecular flexibility index (Phi) is 4.25. The lowest BCUT2D eigenvalue weighted by molar-refractivity contribution is 0.695. The molecular weight excluding hydrogens is 268 g/mol. The number of anilines is 1. The second kappa shape index (κ2) is 6.31. The highest BCUT2D eigenvalue weighted by Gasteiger charge is 2.20. The smallest absolute Gasteiger partial charge is 0.173 e. The predicted molar refractivity (Wildman–Crippen MR) is 83.1 cm³/mol. The van der Waals surface area contributed by atoms with Crippen molar-refractivity contribution in [1.29, 1.82) is 0 Å². The van der Waals surface area contributed by atoms with Gasteiger partial charge in [0.1, 0.15) is 5.82 Å². The van der Waals surface area contributed by atoms with Gasteiger partial charge in [0, 0.05) is 30.4 Å². The van der Waals surface area contributed by atoms with E-state index in [1.54, 1.807) is 11.3 Å². The van der Waals surface area contributed by atoms with Crippen molar-refractivity contribution in [2.45, 2.75) is 44.9 Å². The zero-order valence-corrected chi connectivity index (χ0v) is 12.6. The molecule has 0 aliphatic heterocycles. The average molecular weight is 288 g/mol. The van der Waals surface area contributed by atoms with Gasteiger partial charge in [-0.2, -0.15) is 0 Å². The molecule has 1 aliphatic carbocycles. The van der Waals surface area contributed by atoms with Crippen LogP contribution in [0.1, 0.15) is 50.6 Å². The predicted octanol–water partition coefficient (Wildman–Crippen LogP) is 4.08. The molecule has 3 rings (SSSR count). The van der Waals surface area contributed by atoms with Gasteiger partial charge in [-0.05, 0) is 19.3 Å². The largest absolute Gasteiger partial charge is 0.370 e. The van der Waals surface area contributed by atoms with E-state index >= 15 is 0 Å². The van der Waals surface area contributed by atoms with Gasteiger partial charge in [-0.15, -0.1) is 11.3 Å². The lowest BCUT2D eigenvalue weighted by atomic mass is 10.0. The van der Waals surface area contributed by atoms with Crippen LogP contribution in [0, 0.1) is 0 Å². The number of rotatable bonds is 5. The zero-order valence-electron chi connectivity index (χ0n) is 11.8. The Morgan fingerprint density at radius 1 is 1.30 bits per heavy atom. The maximum absolute atomic E-state index is 4.79. The Bertz CT molecular complexity index is 547. The van der Waals surface area contributed by atoms with Crippen LogP contribution in [0.25, 0.3) is 10.7 Å². The molecule has 1 N–H and O–H groups in total. The van der Waals surface area contributed by atoms with Crippen LogP contribution >= 0.6 is 11.3 Å². The maximum Gasteiger partial charge on any atom is 0.173 e. The van der Waals surface area contributed by atoms with E-state index in [1.165, 1.54) is 31.4 Å². The minimum absolute atomic E-state index is 0.604. The molecule has 2 aromatic heterocycles. The normalized spacial score (nSPS) is 15.7. The summed E-state index contributed by atoms with van der Waals surface area (Å²) in [5.74, 6) is 2.37. The molecule has 5 heteroatoms. The summed E-state index contributed by atoms with van der Waals surface area (Å²) < 4.78 is 0.